The highest BCUT2D eigenvalue weighted by atomic mass is 16.5. The largest absolute Gasteiger partial charge is 0.379 e. The Morgan fingerprint density at radius 2 is 1.79 bits per heavy atom. The van der Waals surface area contributed by atoms with Gasteiger partial charge in [0.2, 0.25) is 5.91 Å². The Morgan fingerprint density at radius 3 is 2.42 bits per heavy atom. The van der Waals surface area contributed by atoms with E-state index in [1.54, 1.807) is 0 Å². The van der Waals surface area contributed by atoms with Gasteiger partial charge >= 0.3 is 0 Å². The summed E-state index contributed by atoms with van der Waals surface area (Å²) in [6, 6.07) is 0. The van der Waals surface area contributed by atoms with E-state index in [0.717, 1.165) is 19.4 Å². The Morgan fingerprint density at radius 1 is 1.11 bits per heavy atom. The molecule has 0 aliphatic heterocycles. The van der Waals surface area contributed by atoms with Crippen molar-refractivity contribution in [2.45, 2.75) is 40.0 Å². The van der Waals surface area contributed by atoms with E-state index in [1.165, 1.54) is 0 Å². The molecule has 1 N–H and O–H groups in total. The van der Waals surface area contributed by atoms with E-state index in [9.17, 15) is 4.79 Å². The van der Waals surface area contributed by atoms with E-state index >= 15 is 0 Å². The molecule has 0 heterocycles. The van der Waals surface area contributed by atoms with Gasteiger partial charge in [0, 0.05) is 19.6 Å². The molecule has 112 valence electrons. The Hall–Kier alpha value is -0.870. The van der Waals surface area contributed by atoms with Crippen LogP contribution >= 0.6 is 0 Å². The van der Waals surface area contributed by atoms with Gasteiger partial charge in [-0.2, -0.15) is 0 Å². The number of carbonyl (C=O) groups excluding carboxylic acids is 1. The highest BCUT2D eigenvalue weighted by molar-refractivity contribution is 5.76. The number of amides is 1. The minimum absolute atomic E-state index is 0.0291. The molecule has 0 aliphatic carbocycles. The van der Waals surface area contributed by atoms with Gasteiger partial charge in [0.05, 0.1) is 19.8 Å². The smallest absolute Gasteiger partial charge is 0.222 e. The fourth-order valence-corrected chi connectivity index (χ4v) is 1.32. The Bertz CT molecular complexity index is 240. The standard InChI is InChI=1S/C15H29NO3/c1-4-5-6-9-16-15(17)8-11-19-13-12-18-10-7-14(2)3/h5-6,14H,4,7-13H2,1-3H3,(H,16,17)/b6-5+. The van der Waals surface area contributed by atoms with Crippen molar-refractivity contribution in [1.82, 2.24) is 5.32 Å². The molecule has 0 saturated heterocycles. The lowest BCUT2D eigenvalue weighted by molar-refractivity contribution is -0.122. The summed E-state index contributed by atoms with van der Waals surface area (Å²) in [6.45, 7) is 9.42. The molecule has 0 spiro atoms. The van der Waals surface area contributed by atoms with Crippen LogP contribution in [0.4, 0.5) is 0 Å². The Balaban J connectivity index is 3.20. The lowest BCUT2D eigenvalue weighted by Gasteiger charge is -2.07. The second-order valence-corrected chi connectivity index (χ2v) is 4.84. The third-order valence-corrected chi connectivity index (χ3v) is 2.50. The van der Waals surface area contributed by atoms with Crippen molar-refractivity contribution in [2.24, 2.45) is 5.92 Å². The van der Waals surface area contributed by atoms with Crippen LogP contribution in [-0.4, -0.2) is 38.9 Å². The fourth-order valence-electron chi connectivity index (χ4n) is 1.32. The van der Waals surface area contributed by atoms with Crippen LogP contribution in [0.15, 0.2) is 12.2 Å². The zero-order valence-corrected chi connectivity index (χ0v) is 12.6. The number of rotatable bonds is 12. The van der Waals surface area contributed by atoms with Crippen molar-refractivity contribution in [1.29, 1.82) is 0 Å². The van der Waals surface area contributed by atoms with Gasteiger partial charge in [0.25, 0.3) is 0 Å². The molecule has 0 bridgehead atoms. The maximum absolute atomic E-state index is 11.4. The molecule has 4 nitrogen and oxygen atoms in total. The van der Waals surface area contributed by atoms with Gasteiger partial charge in [-0.3, -0.25) is 4.79 Å². The number of carbonyl (C=O) groups is 1. The molecule has 0 aliphatic rings. The summed E-state index contributed by atoms with van der Waals surface area (Å²) >= 11 is 0. The number of nitrogens with one attached hydrogen (secondary N) is 1. The minimum atomic E-state index is 0.0291. The predicted molar refractivity (Wildman–Crippen MR) is 78.2 cm³/mol. The summed E-state index contributed by atoms with van der Waals surface area (Å²) in [7, 11) is 0. The summed E-state index contributed by atoms with van der Waals surface area (Å²) in [4.78, 5) is 11.4. The summed E-state index contributed by atoms with van der Waals surface area (Å²) in [5.74, 6) is 0.702. The Labute approximate surface area is 117 Å². The van der Waals surface area contributed by atoms with Crippen molar-refractivity contribution in [3.05, 3.63) is 12.2 Å². The molecule has 0 unspecified atom stereocenters. The molecule has 1 amide bonds. The lowest BCUT2D eigenvalue weighted by Crippen LogP contribution is -2.24. The van der Waals surface area contributed by atoms with Crippen LogP contribution in [0.5, 0.6) is 0 Å². The van der Waals surface area contributed by atoms with Crippen LogP contribution in [0, 0.1) is 5.92 Å². The molecule has 4 heteroatoms. The van der Waals surface area contributed by atoms with E-state index in [4.69, 9.17) is 9.47 Å². The van der Waals surface area contributed by atoms with Crippen molar-refractivity contribution >= 4 is 5.91 Å². The van der Waals surface area contributed by atoms with Gasteiger partial charge in [-0.05, 0) is 18.8 Å². The average Bonchev–Trinajstić information content (AvgIpc) is 2.37. The molecule has 0 saturated carbocycles. The predicted octanol–water partition coefficient (Wildman–Crippen LogP) is 2.54. The second-order valence-electron chi connectivity index (χ2n) is 4.84. The van der Waals surface area contributed by atoms with E-state index in [1.807, 2.05) is 12.2 Å². The molecular formula is C15H29NO3. The SMILES string of the molecule is CC/C=C/CNC(=O)CCOCCOCCC(C)C. The summed E-state index contributed by atoms with van der Waals surface area (Å²) in [6.07, 6.45) is 6.47. The Kier molecular flexibility index (Phi) is 12.9. The third kappa shape index (κ3) is 15.1. The van der Waals surface area contributed by atoms with Crippen LogP contribution in [0.2, 0.25) is 0 Å². The molecular weight excluding hydrogens is 242 g/mol. The first-order valence-corrected chi connectivity index (χ1v) is 7.24. The molecule has 0 atom stereocenters. The van der Waals surface area contributed by atoms with Gasteiger partial charge in [-0.15, -0.1) is 0 Å². The minimum Gasteiger partial charge on any atom is -0.379 e. The quantitative estimate of drug-likeness (QED) is 0.438. The van der Waals surface area contributed by atoms with Gasteiger partial charge in [-0.25, -0.2) is 0 Å². The molecule has 0 aromatic heterocycles. The van der Waals surface area contributed by atoms with Gasteiger partial charge in [0.1, 0.15) is 0 Å². The van der Waals surface area contributed by atoms with Crippen LogP contribution in [-0.2, 0) is 14.3 Å². The highest BCUT2D eigenvalue weighted by Gasteiger charge is 1.99. The van der Waals surface area contributed by atoms with Crippen molar-refractivity contribution < 1.29 is 14.3 Å². The average molecular weight is 271 g/mol. The fraction of sp³-hybridized carbons (Fsp3) is 0.800. The first-order valence-electron chi connectivity index (χ1n) is 7.24. The molecule has 19 heavy (non-hydrogen) atoms. The van der Waals surface area contributed by atoms with Gasteiger partial charge in [0.15, 0.2) is 0 Å². The lowest BCUT2D eigenvalue weighted by atomic mass is 10.1. The van der Waals surface area contributed by atoms with Crippen LogP contribution in [0.3, 0.4) is 0 Å². The van der Waals surface area contributed by atoms with Crippen LogP contribution < -0.4 is 5.32 Å². The van der Waals surface area contributed by atoms with Crippen molar-refractivity contribution in [2.75, 3.05) is 33.0 Å². The van der Waals surface area contributed by atoms with E-state index in [-0.39, 0.29) is 5.91 Å². The zero-order valence-electron chi connectivity index (χ0n) is 12.6. The maximum atomic E-state index is 11.4. The van der Waals surface area contributed by atoms with Crippen LogP contribution in [0.1, 0.15) is 40.0 Å². The first-order chi connectivity index (χ1) is 9.16. The first kappa shape index (κ1) is 18.1. The molecule has 0 aromatic carbocycles. The summed E-state index contributed by atoms with van der Waals surface area (Å²) < 4.78 is 10.7. The van der Waals surface area contributed by atoms with E-state index in [0.29, 0.717) is 38.7 Å². The summed E-state index contributed by atoms with van der Waals surface area (Å²) in [5.41, 5.74) is 0. The number of hydrogen-bond acceptors (Lipinski definition) is 3. The second kappa shape index (κ2) is 13.6. The van der Waals surface area contributed by atoms with Crippen molar-refractivity contribution in [3.63, 3.8) is 0 Å². The monoisotopic (exact) mass is 271 g/mol. The van der Waals surface area contributed by atoms with Gasteiger partial charge < -0.3 is 14.8 Å². The topological polar surface area (TPSA) is 47.6 Å². The van der Waals surface area contributed by atoms with E-state index in [2.05, 4.69) is 26.1 Å². The maximum Gasteiger partial charge on any atom is 0.222 e. The highest BCUT2D eigenvalue weighted by Crippen LogP contribution is 1.98. The van der Waals surface area contributed by atoms with Crippen LogP contribution in [0.25, 0.3) is 0 Å². The molecule has 0 fully saturated rings. The molecule has 0 radical (unpaired) electrons. The number of allylic oxidation sites excluding steroid dienone is 1. The molecule has 0 aromatic rings. The molecule has 0 rings (SSSR count). The van der Waals surface area contributed by atoms with E-state index < -0.39 is 0 Å². The summed E-state index contributed by atoms with van der Waals surface area (Å²) in [5, 5.41) is 2.80. The number of hydrogen-bond donors (Lipinski definition) is 1. The van der Waals surface area contributed by atoms with Gasteiger partial charge in [-0.1, -0.05) is 32.9 Å². The number of ether oxygens (including phenoxy) is 2. The third-order valence-electron chi connectivity index (χ3n) is 2.50. The normalized spacial score (nSPS) is 11.4. The van der Waals surface area contributed by atoms with Crippen molar-refractivity contribution in [3.8, 4) is 0 Å². The zero-order chi connectivity index (χ0) is 14.3.